The van der Waals surface area contributed by atoms with Crippen molar-refractivity contribution in [1.29, 1.82) is 0 Å². The third kappa shape index (κ3) is 4.81. The molecule has 4 rings (SSSR count). The van der Waals surface area contributed by atoms with E-state index in [0.717, 1.165) is 5.56 Å². The summed E-state index contributed by atoms with van der Waals surface area (Å²) in [6, 6.07) is 13.1. The van der Waals surface area contributed by atoms with Crippen LogP contribution in [-0.4, -0.2) is 30.4 Å². The van der Waals surface area contributed by atoms with Crippen molar-refractivity contribution in [2.45, 2.75) is 26.9 Å². The van der Waals surface area contributed by atoms with Gasteiger partial charge in [-0.3, -0.25) is 24.3 Å². The van der Waals surface area contributed by atoms with Crippen LogP contribution in [0.4, 0.5) is 15.9 Å². The summed E-state index contributed by atoms with van der Waals surface area (Å²) in [6.07, 6.45) is 1.51. The predicted molar refractivity (Wildman–Crippen MR) is 125 cm³/mol. The van der Waals surface area contributed by atoms with E-state index in [1.54, 1.807) is 56.3 Å². The fourth-order valence-corrected chi connectivity index (χ4v) is 3.83. The van der Waals surface area contributed by atoms with E-state index in [9.17, 15) is 19.3 Å². The van der Waals surface area contributed by atoms with Crippen molar-refractivity contribution >= 4 is 29.0 Å². The van der Waals surface area contributed by atoms with Gasteiger partial charge >= 0.3 is 5.69 Å². The summed E-state index contributed by atoms with van der Waals surface area (Å²) >= 11 is 6.22. The molecule has 174 valence electrons. The van der Waals surface area contributed by atoms with Crippen LogP contribution in [0.25, 0.3) is 0 Å². The number of nitro groups is 1. The Balaban J connectivity index is 1.49. The number of aryl methyl sites for hydroxylation is 1. The number of amides is 1. The van der Waals surface area contributed by atoms with E-state index in [1.807, 2.05) is 0 Å². The first-order valence-corrected chi connectivity index (χ1v) is 10.7. The highest BCUT2D eigenvalue weighted by Crippen LogP contribution is 2.24. The highest BCUT2D eigenvalue weighted by atomic mass is 35.5. The summed E-state index contributed by atoms with van der Waals surface area (Å²) in [5.41, 5.74) is 2.28. The monoisotopic (exact) mass is 482 g/mol. The van der Waals surface area contributed by atoms with Crippen molar-refractivity contribution in [3.63, 3.8) is 0 Å². The van der Waals surface area contributed by atoms with Crippen LogP contribution in [0.3, 0.4) is 0 Å². The normalized spacial score (nSPS) is 10.9. The molecule has 0 radical (unpaired) electrons. The number of nitrogens with zero attached hydrogens (tertiary/aromatic N) is 5. The van der Waals surface area contributed by atoms with E-state index in [1.165, 1.54) is 21.6 Å². The standard InChI is InChI=1S/C23H20ClFN6O3/c1-14-21(31(33)34)15(2)30(27-14)11-16-6-5-8-17(10-16)23(32)26-22-19(24)13-29(28-22)12-18-7-3-4-9-20(18)25/h3-10,13H,11-12H2,1-2H3,(H,26,28,32). The molecule has 2 heterocycles. The van der Waals surface area contributed by atoms with Crippen molar-refractivity contribution in [2.24, 2.45) is 0 Å². The van der Waals surface area contributed by atoms with E-state index in [-0.39, 0.29) is 35.4 Å². The lowest BCUT2D eigenvalue weighted by Gasteiger charge is -2.07. The van der Waals surface area contributed by atoms with Gasteiger partial charge in [-0.1, -0.05) is 41.9 Å². The van der Waals surface area contributed by atoms with Crippen LogP contribution in [0, 0.1) is 29.8 Å². The Morgan fingerprint density at radius 3 is 2.62 bits per heavy atom. The first-order chi connectivity index (χ1) is 16.2. The van der Waals surface area contributed by atoms with Gasteiger partial charge in [-0.2, -0.15) is 10.2 Å². The molecular formula is C23H20ClFN6O3. The van der Waals surface area contributed by atoms with Gasteiger partial charge in [0.2, 0.25) is 0 Å². The van der Waals surface area contributed by atoms with Gasteiger partial charge in [0.15, 0.2) is 5.82 Å². The zero-order chi connectivity index (χ0) is 24.4. The maximum Gasteiger partial charge on any atom is 0.312 e. The number of anilines is 1. The minimum atomic E-state index is -0.451. The number of aromatic nitrogens is 4. The second-order valence-corrected chi connectivity index (χ2v) is 8.11. The minimum Gasteiger partial charge on any atom is -0.304 e. The molecular weight excluding hydrogens is 463 g/mol. The molecule has 9 nitrogen and oxygen atoms in total. The van der Waals surface area contributed by atoms with Gasteiger partial charge in [-0.15, -0.1) is 0 Å². The van der Waals surface area contributed by atoms with E-state index in [0.29, 0.717) is 22.5 Å². The molecule has 0 saturated heterocycles. The fourth-order valence-electron chi connectivity index (χ4n) is 3.63. The molecule has 2 aromatic heterocycles. The Labute approximate surface area is 198 Å². The molecule has 2 aromatic carbocycles. The maximum atomic E-state index is 13.9. The third-order valence-corrected chi connectivity index (χ3v) is 5.56. The summed E-state index contributed by atoms with van der Waals surface area (Å²) < 4.78 is 16.9. The Bertz CT molecular complexity index is 1400. The van der Waals surface area contributed by atoms with Crippen LogP contribution >= 0.6 is 11.6 Å². The Hall–Kier alpha value is -4.05. The molecule has 0 unspecified atom stereocenters. The Kier molecular flexibility index (Phi) is 6.42. The number of carbonyl (C=O) groups is 1. The molecule has 0 aliphatic carbocycles. The number of hydrogen-bond donors (Lipinski definition) is 1. The smallest absolute Gasteiger partial charge is 0.304 e. The second kappa shape index (κ2) is 9.44. The topological polar surface area (TPSA) is 108 Å². The van der Waals surface area contributed by atoms with Crippen molar-refractivity contribution in [1.82, 2.24) is 19.6 Å². The maximum absolute atomic E-state index is 13.9. The molecule has 0 fully saturated rings. The molecule has 0 aliphatic heterocycles. The van der Waals surface area contributed by atoms with Gasteiger partial charge in [0, 0.05) is 17.3 Å². The molecule has 4 aromatic rings. The number of nitrogens with one attached hydrogen (secondary N) is 1. The van der Waals surface area contributed by atoms with Crippen LogP contribution in [-0.2, 0) is 13.1 Å². The first-order valence-electron chi connectivity index (χ1n) is 10.3. The number of rotatable bonds is 7. The SMILES string of the molecule is Cc1nn(Cc2cccc(C(=O)Nc3nn(Cc4ccccc4F)cc3Cl)c2)c(C)c1[N+](=O)[O-]. The van der Waals surface area contributed by atoms with Gasteiger partial charge in [-0.25, -0.2) is 4.39 Å². The summed E-state index contributed by atoms with van der Waals surface area (Å²) in [5.74, 6) is -0.633. The molecule has 0 aliphatic rings. The summed E-state index contributed by atoms with van der Waals surface area (Å²) in [4.78, 5) is 23.6. The largest absolute Gasteiger partial charge is 0.312 e. The van der Waals surface area contributed by atoms with Crippen LogP contribution in [0.15, 0.2) is 54.7 Å². The lowest BCUT2D eigenvalue weighted by Crippen LogP contribution is -2.14. The molecule has 1 N–H and O–H groups in total. The molecule has 11 heteroatoms. The highest BCUT2D eigenvalue weighted by molar-refractivity contribution is 6.33. The van der Waals surface area contributed by atoms with Crippen LogP contribution in [0.1, 0.15) is 32.9 Å². The average Bonchev–Trinajstić information content (AvgIpc) is 3.27. The van der Waals surface area contributed by atoms with Crippen molar-refractivity contribution in [3.8, 4) is 0 Å². The molecule has 34 heavy (non-hydrogen) atoms. The van der Waals surface area contributed by atoms with Gasteiger partial charge in [0.05, 0.1) is 18.0 Å². The summed E-state index contributed by atoms with van der Waals surface area (Å²) in [7, 11) is 0. The van der Waals surface area contributed by atoms with Crippen LogP contribution in [0.2, 0.25) is 5.02 Å². The van der Waals surface area contributed by atoms with Gasteiger partial charge < -0.3 is 5.32 Å². The summed E-state index contributed by atoms with van der Waals surface area (Å²) in [6.45, 7) is 3.64. The van der Waals surface area contributed by atoms with Gasteiger partial charge in [-0.05, 0) is 37.6 Å². The van der Waals surface area contributed by atoms with Crippen LogP contribution < -0.4 is 5.32 Å². The third-order valence-electron chi connectivity index (χ3n) is 5.29. The number of hydrogen-bond acceptors (Lipinski definition) is 5. The van der Waals surface area contributed by atoms with Crippen molar-refractivity contribution < 1.29 is 14.1 Å². The van der Waals surface area contributed by atoms with Crippen molar-refractivity contribution in [3.05, 3.63) is 104 Å². The second-order valence-electron chi connectivity index (χ2n) is 7.70. The van der Waals surface area contributed by atoms with Crippen molar-refractivity contribution in [2.75, 3.05) is 5.32 Å². The number of halogens is 2. The first kappa shape index (κ1) is 23.1. The number of benzene rings is 2. The highest BCUT2D eigenvalue weighted by Gasteiger charge is 2.22. The van der Waals surface area contributed by atoms with E-state index >= 15 is 0 Å². The molecule has 0 spiro atoms. The average molecular weight is 483 g/mol. The zero-order valence-electron chi connectivity index (χ0n) is 18.3. The van der Waals surface area contributed by atoms with Gasteiger partial charge in [0.1, 0.15) is 22.2 Å². The fraction of sp³-hybridized carbons (Fsp3) is 0.174. The number of carbonyl (C=O) groups excluding carboxylic acids is 1. The Morgan fingerprint density at radius 2 is 1.91 bits per heavy atom. The molecule has 0 atom stereocenters. The predicted octanol–water partition coefficient (Wildman–Crippen LogP) is 4.75. The lowest BCUT2D eigenvalue weighted by molar-refractivity contribution is -0.386. The van der Waals surface area contributed by atoms with Gasteiger partial charge in [0.25, 0.3) is 5.91 Å². The van der Waals surface area contributed by atoms with E-state index in [2.05, 4.69) is 15.5 Å². The zero-order valence-corrected chi connectivity index (χ0v) is 19.1. The van der Waals surface area contributed by atoms with E-state index < -0.39 is 10.8 Å². The summed E-state index contributed by atoms with van der Waals surface area (Å²) in [5, 5.41) is 22.6. The lowest BCUT2D eigenvalue weighted by atomic mass is 10.1. The molecule has 1 amide bonds. The minimum absolute atomic E-state index is 0.0190. The van der Waals surface area contributed by atoms with Crippen LogP contribution in [0.5, 0.6) is 0 Å². The quantitative estimate of drug-likeness (QED) is 0.302. The van der Waals surface area contributed by atoms with E-state index in [4.69, 9.17) is 11.6 Å². The molecule has 0 saturated carbocycles. The Morgan fingerprint density at radius 1 is 1.15 bits per heavy atom. The molecule has 0 bridgehead atoms.